The molecule has 0 N–H and O–H groups in total. The Morgan fingerprint density at radius 3 is 1.20 bits per heavy atom. The van der Waals surface area contributed by atoms with Gasteiger partial charge in [0.15, 0.2) is 23.0 Å². The molecule has 2 heterocycles. The van der Waals surface area contributed by atoms with Crippen LogP contribution < -0.4 is 42.6 Å². The van der Waals surface area contributed by atoms with E-state index in [0.717, 1.165) is 33.6 Å². The van der Waals surface area contributed by atoms with E-state index in [1.54, 1.807) is 69.4 Å². The second kappa shape index (κ2) is 17.8. The predicted octanol–water partition coefficient (Wildman–Crippen LogP) is 8.79. The van der Waals surface area contributed by atoms with Crippen LogP contribution >= 0.6 is 0 Å². The standard InChI is InChI=1S/C21H23NO6.C20H21NO5/c1-6-27-14-9-7-13(8-10-14)18-16(12-28-22-18)15-11-17(23-2)20(25-4)21(26-5)19(15)24-3;1-12-6-8-13(9-7-12)17-15(11-26-21-17)14-10-16(22-2)19(24-4)20(25-5)18(14)23-3/h7-12H,6H2,1-5H3;6-11H,1-5H3. The fraction of sp³-hybridized carbons (Fsp3) is 0.268. The first-order valence-corrected chi connectivity index (χ1v) is 16.8. The summed E-state index contributed by atoms with van der Waals surface area (Å²) >= 11 is 0. The Morgan fingerprint density at radius 1 is 0.463 bits per heavy atom. The predicted molar refractivity (Wildman–Crippen MR) is 203 cm³/mol. The minimum atomic E-state index is 0.429. The average Bonchev–Trinajstić information content (AvgIpc) is 3.91. The van der Waals surface area contributed by atoms with Crippen LogP contribution in [0.3, 0.4) is 0 Å². The first kappa shape index (κ1) is 38.7. The van der Waals surface area contributed by atoms with Crippen LogP contribution in [0.2, 0.25) is 0 Å². The summed E-state index contributed by atoms with van der Waals surface area (Å²) in [6, 6.07) is 19.3. The van der Waals surface area contributed by atoms with Gasteiger partial charge in [0.1, 0.15) is 29.7 Å². The van der Waals surface area contributed by atoms with E-state index < -0.39 is 0 Å². The molecule has 4 aromatic carbocycles. The third kappa shape index (κ3) is 7.65. The highest BCUT2D eigenvalue weighted by atomic mass is 16.6. The maximum atomic E-state index is 5.63. The molecule has 0 amide bonds. The smallest absolute Gasteiger partial charge is 0.207 e. The van der Waals surface area contributed by atoms with Gasteiger partial charge in [0.05, 0.1) is 74.6 Å². The third-order valence-electron chi connectivity index (χ3n) is 8.46. The van der Waals surface area contributed by atoms with Crippen LogP contribution in [0.1, 0.15) is 12.5 Å². The molecule has 284 valence electrons. The van der Waals surface area contributed by atoms with Gasteiger partial charge >= 0.3 is 0 Å². The summed E-state index contributed by atoms with van der Waals surface area (Å²) in [6.07, 6.45) is 3.15. The van der Waals surface area contributed by atoms with Gasteiger partial charge in [-0.1, -0.05) is 40.1 Å². The first-order valence-electron chi connectivity index (χ1n) is 16.8. The molecule has 13 nitrogen and oxygen atoms in total. The molecule has 0 saturated carbocycles. The lowest BCUT2D eigenvalue weighted by molar-refractivity contribution is 0.306. The zero-order chi connectivity index (χ0) is 38.8. The summed E-state index contributed by atoms with van der Waals surface area (Å²) in [5, 5.41) is 8.36. The Labute approximate surface area is 314 Å². The number of methoxy groups -OCH3 is 8. The minimum absolute atomic E-state index is 0.429. The molecule has 13 heteroatoms. The van der Waals surface area contributed by atoms with Gasteiger partial charge in [0.2, 0.25) is 23.0 Å². The van der Waals surface area contributed by atoms with E-state index >= 15 is 0 Å². The monoisotopic (exact) mass is 740 g/mol. The topological polar surface area (TPSA) is 135 Å². The molecular weight excluding hydrogens is 696 g/mol. The van der Waals surface area contributed by atoms with Crippen molar-refractivity contribution in [3.63, 3.8) is 0 Å². The molecule has 0 saturated heterocycles. The number of aromatic nitrogens is 2. The number of aryl methyl sites for hydroxylation is 1. The van der Waals surface area contributed by atoms with E-state index in [4.69, 9.17) is 51.7 Å². The molecule has 6 rings (SSSR count). The van der Waals surface area contributed by atoms with Crippen molar-refractivity contribution >= 4 is 0 Å². The Balaban J connectivity index is 0.000000208. The average molecular weight is 741 g/mol. The molecular formula is C41H44N2O11. The van der Waals surface area contributed by atoms with Crippen LogP contribution in [0.4, 0.5) is 0 Å². The number of hydrogen-bond donors (Lipinski definition) is 0. The Kier molecular flexibility index (Phi) is 12.8. The molecule has 54 heavy (non-hydrogen) atoms. The number of hydrogen-bond acceptors (Lipinski definition) is 13. The van der Waals surface area contributed by atoms with Crippen molar-refractivity contribution in [2.45, 2.75) is 13.8 Å². The van der Waals surface area contributed by atoms with Gasteiger partial charge in [-0.25, -0.2) is 0 Å². The van der Waals surface area contributed by atoms with E-state index in [2.05, 4.69) is 10.3 Å². The summed E-state index contributed by atoms with van der Waals surface area (Å²) in [6.45, 7) is 4.59. The van der Waals surface area contributed by atoms with Crippen LogP contribution in [-0.2, 0) is 0 Å². The van der Waals surface area contributed by atoms with Crippen LogP contribution in [0.15, 0.2) is 82.2 Å². The molecule has 0 bridgehead atoms. The molecule has 0 aliphatic carbocycles. The number of nitrogens with zero attached hydrogens (tertiary/aromatic N) is 2. The van der Waals surface area contributed by atoms with Crippen molar-refractivity contribution in [2.75, 3.05) is 63.5 Å². The normalized spacial score (nSPS) is 10.5. The lowest BCUT2D eigenvalue weighted by Gasteiger charge is -2.18. The van der Waals surface area contributed by atoms with Crippen molar-refractivity contribution in [3.8, 4) is 96.5 Å². The summed E-state index contributed by atoms with van der Waals surface area (Å²) < 4.78 is 60.2. The number of ether oxygens (including phenoxy) is 9. The van der Waals surface area contributed by atoms with Crippen LogP contribution in [0.5, 0.6) is 51.7 Å². The Bertz CT molecular complexity index is 2140. The maximum Gasteiger partial charge on any atom is 0.207 e. The SMILES string of the molecule is CCOc1ccc(-c2nocc2-c2cc(OC)c(OC)c(OC)c2OC)cc1.COc1cc(-c2conc2-c2ccc(C)cc2)c(OC)c(OC)c1OC. The first-order chi connectivity index (χ1) is 26.3. The second-order valence-corrected chi connectivity index (χ2v) is 11.4. The quantitative estimate of drug-likeness (QED) is 0.105. The second-order valence-electron chi connectivity index (χ2n) is 11.4. The van der Waals surface area contributed by atoms with Gasteiger partial charge < -0.3 is 51.7 Å². The van der Waals surface area contributed by atoms with Gasteiger partial charge in [-0.3, -0.25) is 0 Å². The molecule has 0 radical (unpaired) electrons. The Hall–Kier alpha value is -6.50. The summed E-state index contributed by atoms with van der Waals surface area (Å²) in [7, 11) is 12.5. The van der Waals surface area contributed by atoms with E-state index in [1.807, 2.05) is 74.5 Å². The van der Waals surface area contributed by atoms with E-state index in [0.29, 0.717) is 69.6 Å². The van der Waals surface area contributed by atoms with Crippen molar-refractivity contribution in [2.24, 2.45) is 0 Å². The largest absolute Gasteiger partial charge is 0.494 e. The fourth-order valence-corrected chi connectivity index (χ4v) is 5.92. The number of benzene rings is 4. The van der Waals surface area contributed by atoms with Crippen molar-refractivity contribution in [3.05, 3.63) is 78.8 Å². The molecule has 0 unspecified atom stereocenters. The zero-order valence-corrected chi connectivity index (χ0v) is 32.0. The minimum Gasteiger partial charge on any atom is -0.494 e. The molecule has 0 aliphatic rings. The van der Waals surface area contributed by atoms with Crippen molar-refractivity contribution < 1.29 is 51.7 Å². The van der Waals surface area contributed by atoms with Gasteiger partial charge in [-0.05, 0) is 50.2 Å². The molecule has 0 spiro atoms. The molecule has 0 atom stereocenters. The molecule has 6 aromatic rings. The van der Waals surface area contributed by atoms with Crippen molar-refractivity contribution in [1.29, 1.82) is 0 Å². The van der Waals surface area contributed by atoms with Gasteiger partial charge in [-0.15, -0.1) is 0 Å². The van der Waals surface area contributed by atoms with Crippen LogP contribution in [0.25, 0.3) is 44.8 Å². The Morgan fingerprint density at radius 2 is 0.852 bits per heavy atom. The molecule has 0 fully saturated rings. The summed E-state index contributed by atoms with van der Waals surface area (Å²) in [4.78, 5) is 0. The number of rotatable bonds is 14. The van der Waals surface area contributed by atoms with Crippen LogP contribution in [-0.4, -0.2) is 73.8 Å². The van der Waals surface area contributed by atoms with Gasteiger partial charge in [0.25, 0.3) is 0 Å². The summed E-state index contributed by atoms with van der Waals surface area (Å²) in [5.74, 6) is 4.62. The highest BCUT2D eigenvalue weighted by Crippen LogP contribution is 2.52. The third-order valence-corrected chi connectivity index (χ3v) is 8.46. The lowest BCUT2D eigenvalue weighted by atomic mass is 9.99. The van der Waals surface area contributed by atoms with Gasteiger partial charge in [-0.2, -0.15) is 0 Å². The van der Waals surface area contributed by atoms with Crippen LogP contribution in [0, 0.1) is 6.92 Å². The maximum absolute atomic E-state index is 5.63. The summed E-state index contributed by atoms with van der Waals surface area (Å²) in [5.41, 5.74) is 7.31. The highest BCUT2D eigenvalue weighted by Gasteiger charge is 2.27. The van der Waals surface area contributed by atoms with E-state index in [-0.39, 0.29) is 0 Å². The lowest BCUT2D eigenvalue weighted by Crippen LogP contribution is -2.00. The van der Waals surface area contributed by atoms with E-state index in [9.17, 15) is 0 Å². The highest BCUT2D eigenvalue weighted by molar-refractivity contribution is 5.88. The molecule has 2 aromatic heterocycles. The molecule has 0 aliphatic heterocycles. The zero-order valence-electron chi connectivity index (χ0n) is 32.0. The van der Waals surface area contributed by atoms with E-state index in [1.165, 1.54) is 5.56 Å². The van der Waals surface area contributed by atoms with Crippen molar-refractivity contribution in [1.82, 2.24) is 10.3 Å². The fourth-order valence-electron chi connectivity index (χ4n) is 5.92. The van der Waals surface area contributed by atoms with Gasteiger partial charge in [0, 0.05) is 22.3 Å².